The van der Waals surface area contributed by atoms with E-state index in [1.54, 1.807) is 0 Å². The van der Waals surface area contributed by atoms with E-state index in [2.05, 4.69) is 19.4 Å². The van der Waals surface area contributed by atoms with Gasteiger partial charge in [0.2, 0.25) is 5.95 Å². The van der Waals surface area contributed by atoms with Gasteiger partial charge in [0.05, 0.1) is 0 Å². The van der Waals surface area contributed by atoms with Gasteiger partial charge in [0.25, 0.3) is 0 Å². The van der Waals surface area contributed by atoms with Crippen molar-refractivity contribution in [3.05, 3.63) is 17.4 Å². The van der Waals surface area contributed by atoms with E-state index < -0.39 is 10.2 Å². The zero-order chi connectivity index (χ0) is 10.9. The first-order valence-electron chi connectivity index (χ1n) is 4.34. The first-order valence-corrected chi connectivity index (χ1v) is 6.20. The average molecular weight is 249 g/mol. The van der Waals surface area contributed by atoms with Crippen molar-refractivity contribution in [3.63, 3.8) is 0 Å². The lowest BCUT2D eigenvalue weighted by molar-refractivity contribution is 0.586. The van der Waals surface area contributed by atoms with E-state index in [9.17, 15) is 8.42 Å². The van der Waals surface area contributed by atoms with Crippen molar-refractivity contribution >= 4 is 27.8 Å². The van der Waals surface area contributed by atoms with Gasteiger partial charge in [-0.1, -0.05) is 11.6 Å². The number of rotatable bonds is 4. The molecule has 15 heavy (non-hydrogen) atoms. The Kier molecular flexibility index (Phi) is 2.76. The highest BCUT2D eigenvalue weighted by molar-refractivity contribution is 7.90. The Morgan fingerprint density at radius 3 is 2.80 bits per heavy atom. The van der Waals surface area contributed by atoms with Crippen LogP contribution in [0.4, 0.5) is 5.95 Å². The van der Waals surface area contributed by atoms with Crippen molar-refractivity contribution < 1.29 is 8.42 Å². The maximum Gasteiger partial charge on any atom is 0.301 e. The fourth-order valence-electron chi connectivity index (χ4n) is 0.956. The molecule has 0 unspecified atom stereocenters. The van der Waals surface area contributed by atoms with Crippen LogP contribution in [0.25, 0.3) is 0 Å². The Bertz CT molecular complexity index is 460. The predicted octanol–water partition coefficient (Wildman–Crippen LogP) is 0.539. The third-order valence-corrected chi connectivity index (χ3v) is 3.05. The standard InChI is InChI=1S/C7H9ClN4O2S/c8-6-3-4-9-7(10-6)12-15(13,14)11-5-1-2-5/h3-5,11H,1-2H2,(H,9,10,12). The first-order chi connectivity index (χ1) is 7.05. The lowest BCUT2D eigenvalue weighted by atomic mass is 10.7. The van der Waals surface area contributed by atoms with E-state index in [4.69, 9.17) is 11.6 Å². The van der Waals surface area contributed by atoms with E-state index in [1.807, 2.05) is 0 Å². The van der Waals surface area contributed by atoms with Gasteiger partial charge in [-0.2, -0.15) is 13.1 Å². The number of aromatic nitrogens is 2. The Morgan fingerprint density at radius 2 is 2.20 bits per heavy atom. The number of anilines is 1. The Hall–Kier alpha value is -0.920. The van der Waals surface area contributed by atoms with Crippen molar-refractivity contribution in [3.8, 4) is 0 Å². The molecule has 1 aliphatic carbocycles. The van der Waals surface area contributed by atoms with E-state index in [1.165, 1.54) is 12.3 Å². The summed E-state index contributed by atoms with van der Waals surface area (Å²) in [5, 5.41) is 0.189. The summed E-state index contributed by atoms with van der Waals surface area (Å²) in [7, 11) is -3.57. The summed E-state index contributed by atoms with van der Waals surface area (Å²) < 4.78 is 27.5. The van der Waals surface area contributed by atoms with Gasteiger partial charge < -0.3 is 0 Å². The minimum atomic E-state index is -3.57. The van der Waals surface area contributed by atoms with Crippen molar-refractivity contribution in [1.82, 2.24) is 14.7 Å². The summed E-state index contributed by atoms with van der Waals surface area (Å²) in [6.45, 7) is 0. The van der Waals surface area contributed by atoms with Crippen LogP contribution in [0.3, 0.4) is 0 Å². The zero-order valence-corrected chi connectivity index (χ0v) is 9.22. The van der Waals surface area contributed by atoms with Crippen LogP contribution in [-0.4, -0.2) is 24.4 Å². The van der Waals surface area contributed by atoms with Gasteiger partial charge in [0, 0.05) is 12.2 Å². The van der Waals surface area contributed by atoms with E-state index in [0.29, 0.717) is 0 Å². The molecule has 2 N–H and O–H groups in total. The largest absolute Gasteiger partial charge is 0.301 e. The number of halogens is 1. The monoisotopic (exact) mass is 248 g/mol. The maximum absolute atomic E-state index is 11.4. The summed E-state index contributed by atoms with van der Waals surface area (Å²) in [4.78, 5) is 7.44. The summed E-state index contributed by atoms with van der Waals surface area (Å²) in [5.74, 6) is -0.0318. The van der Waals surface area contributed by atoms with Gasteiger partial charge in [-0.15, -0.1) is 0 Å². The lowest BCUT2D eigenvalue weighted by Gasteiger charge is -2.06. The van der Waals surface area contributed by atoms with Crippen LogP contribution < -0.4 is 9.44 Å². The van der Waals surface area contributed by atoms with Gasteiger partial charge in [-0.05, 0) is 18.9 Å². The van der Waals surface area contributed by atoms with Gasteiger partial charge in [0.15, 0.2) is 0 Å². The van der Waals surface area contributed by atoms with Gasteiger partial charge in [-0.3, -0.25) is 0 Å². The molecule has 1 aromatic rings. The third kappa shape index (κ3) is 3.29. The highest BCUT2D eigenvalue weighted by Gasteiger charge is 2.27. The molecule has 0 atom stereocenters. The minimum absolute atomic E-state index is 0.0318. The highest BCUT2D eigenvalue weighted by atomic mass is 35.5. The van der Waals surface area contributed by atoms with Crippen LogP contribution in [0.15, 0.2) is 12.3 Å². The number of hydrogen-bond acceptors (Lipinski definition) is 4. The molecular weight excluding hydrogens is 240 g/mol. The molecule has 0 aliphatic heterocycles. The van der Waals surface area contributed by atoms with Gasteiger partial charge in [0.1, 0.15) is 5.15 Å². The minimum Gasteiger partial charge on any atom is -0.238 e. The SMILES string of the molecule is O=S(=O)(Nc1nccc(Cl)n1)NC1CC1. The molecule has 0 radical (unpaired) electrons. The fourth-order valence-corrected chi connectivity index (χ4v) is 2.16. The second kappa shape index (κ2) is 3.92. The molecule has 1 saturated carbocycles. The Morgan fingerprint density at radius 1 is 1.47 bits per heavy atom. The number of hydrogen-bond donors (Lipinski definition) is 2. The lowest BCUT2D eigenvalue weighted by Crippen LogP contribution is -2.32. The molecule has 0 spiro atoms. The molecule has 1 fully saturated rings. The summed E-state index contributed by atoms with van der Waals surface area (Å²) >= 11 is 5.59. The maximum atomic E-state index is 11.4. The van der Waals surface area contributed by atoms with Crippen LogP contribution in [-0.2, 0) is 10.2 Å². The highest BCUT2D eigenvalue weighted by Crippen LogP contribution is 2.19. The molecule has 1 heterocycles. The first kappa shape index (κ1) is 10.6. The van der Waals surface area contributed by atoms with Crippen molar-refractivity contribution in [2.45, 2.75) is 18.9 Å². The third-order valence-electron chi connectivity index (χ3n) is 1.75. The van der Waals surface area contributed by atoms with Crippen molar-refractivity contribution in [2.75, 3.05) is 4.72 Å². The predicted molar refractivity (Wildman–Crippen MR) is 55.7 cm³/mol. The fraction of sp³-hybridized carbons (Fsp3) is 0.429. The van der Waals surface area contributed by atoms with Crippen molar-refractivity contribution in [2.24, 2.45) is 0 Å². The summed E-state index contributed by atoms with van der Waals surface area (Å²) in [6, 6.07) is 1.51. The average Bonchev–Trinajstić information content (AvgIpc) is 2.86. The Balaban J connectivity index is 2.06. The summed E-state index contributed by atoms with van der Waals surface area (Å²) in [5.41, 5.74) is 0. The topological polar surface area (TPSA) is 84.0 Å². The van der Waals surface area contributed by atoms with E-state index in [0.717, 1.165) is 12.8 Å². The smallest absolute Gasteiger partial charge is 0.238 e. The second-order valence-corrected chi connectivity index (χ2v) is 5.03. The Labute approximate surface area is 92.3 Å². The molecule has 0 bridgehead atoms. The number of nitrogens with one attached hydrogen (secondary N) is 2. The molecular formula is C7H9ClN4O2S. The van der Waals surface area contributed by atoms with Crippen LogP contribution in [0.5, 0.6) is 0 Å². The van der Waals surface area contributed by atoms with Crippen LogP contribution in [0, 0.1) is 0 Å². The summed E-state index contributed by atoms with van der Waals surface area (Å²) in [6.07, 6.45) is 3.12. The van der Waals surface area contributed by atoms with Gasteiger partial charge >= 0.3 is 10.2 Å². The van der Waals surface area contributed by atoms with Crippen LogP contribution >= 0.6 is 11.6 Å². The van der Waals surface area contributed by atoms with Gasteiger partial charge in [-0.25, -0.2) is 14.7 Å². The molecule has 2 rings (SSSR count). The molecule has 0 saturated heterocycles. The normalized spacial score (nSPS) is 16.3. The van der Waals surface area contributed by atoms with Crippen LogP contribution in [0.2, 0.25) is 5.15 Å². The molecule has 0 amide bonds. The second-order valence-electron chi connectivity index (χ2n) is 3.20. The molecule has 8 heteroatoms. The van der Waals surface area contributed by atoms with E-state index in [-0.39, 0.29) is 17.1 Å². The molecule has 0 aromatic carbocycles. The van der Waals surface area contributed by atoms with E-state index >= 15 is 0 Å². The number of nitrogens with zero attached hydrogens (tertiary/aromatic N) is 2. The molecule has 6 nitrogen and oxygen atoms in total. The molecule has 82 valence electrons. The van der Waals surface area contributed by atoms with Crippen molar-refractivity contribution in [1.29, 1.82) is 0 Å². The zero-order valence-electron chi connectivity index (χ0n) is 7.64. The molecule has 1 aliphatic rings. The van der Waals surface area contributed by atoms with Crippen LogP contribution in [0.1, 0.15) is 12.8 Å². The molecule has 1 aromatic heterocycles. The quantitative estimate of drug-likeness (QED) is 0.762.